The van der Waals surface area contributed by atoms with Crippen molar-refractivity contribution in [3.05, 3.63) is 48.0 Å². The normalized spacial score (nSPS) is 41.8. The van der Waals surface area contributed by atoms with Gasteiger partial charge in [0.25, 0.3) is 0 Å². The fourth-order valence-corrected chi connectivity index (χ4v) is 5.61. The molecule has 8 nitrogen and oxygen atoms in total. The Balaban J connectivity index is 1.67. The Morgan fingerprint density at radius 3 is 2.60 bits per heavy atom. The predicted molar refractivity (Wildman–Crippen MR) is 99.8 cm³/mol. The van der Waals surface area contributed by atoms with Gasteiger partial charge in [-0.2, -0.15) is 0 Å². The van der Waals surface area contributed by atoms with E-state index >= 15 is 0 Å². The number of aldehydes is 1. The molecule has 0 unspecified atom stereocenters. The largest absolute Gasteiger partial charge is 0.468 e. The molecule has 0 N–H and O–H groups in total. The van der Waals surface area contributed by atoms with Crippen LogP contribution in [0.4, 0.5) is 0 Å². The fourth-order valence-electron chi connectivity index (χ4n) is 5.61. The Labute approximate surface area is 173 Å². The van der Waals surface area contributed by atoms with E-state index in [1.165, 1.54) is 13.2 Å². The van der Waals surface area contributed by atoms with Gasteiger partial charge in [-0.05, 0) is 0 Å². The summed E-state index contributed by atoms with van der Waals surface area (Å²) in [4.78, 5) is 36.9. The molecule has 5 rings (SSSR count). The van der Waals surface area contributed by atoms with Crippen molar-refractivity contribution >= 4 is 18.2 Å². The third-order valence-electron chi connectivity index (χ3n) is 6.92. The van der Waals surface area contributed by atoms with Gasteiger partial charge in [0.05, 0.1) is 31.3 Å². The number of fused-ring (bicyclic) bond motifs is 6. The van der Waals surface area contributed by atoms with Gasteiger partial charge in [0, 0.05) is 24.0 Å². The molecule has 1 aliphatic carbocycles. The van der Waals surface area contributed by atoms with Gasteiger partial charge < -0.3 is 28.5 Å². The third-order valence-corrected chi connectivity index (χ3v) is 6.92. The topological polar surface area (TPSA) is 97.4 Å². The van der Waals surface area contributed by atoms with Crippen molar-refractivity contribution in [1.29, 1.82) is 0 Å². The Hall–Kier alpha value is -2.55. The molecule has 2 saturated heterocycles. The summed E-state index contributed by atoms with van der Waals surface area (Å²) >= 11 is 0. The van der Waals surface area contributed by atoms with E-state index in [0.29, 0.717) is 12.7 Å². The highest BCUT2D eigenvalue weighted by Crippen LogP contribution is 2.63. The van der Waals surface area contributed by atoms with Crippen LogP contribution in [0.3, 0.4) is 0 Å². The monoisotopic (exact) mass is 414 g/mol. The Kier molecular flexibility index (Phi) is 4.53. The van der Waals surface area contributed by atoms with Gasteiger partial charge in [-0.1, -0.05) is 36.4 Å². The Bertz CT molecular complexity index is 898. The molecule has 1 aromatic rings. The lowest BCUT2D eigenvalue weighted by Gasteiger charge is -2.59. The Morgan fingerprint density at radius 2 is 1.93 bits per heavy atom. The van der Waals surface area contributed by atoms with Crippen LogP contribution in [0, 0.1) is 16.7 Å². The summed E-state index contributed by atoms with van der Waals surface area (Å²) < 4.78 is 29.0. The maximum absolute atomic E-state index is 13.2. The quantitative estimate of drug-likeness (QED) is 0.540. The SMILES string of the molecule is COC(=O)[C@]12CO[C@@H](C=O)[C@@H]1[C@@]1(C=CC(=O)OC1)[C@@H]1C[C@H]2O[C@@H](c2ccccc2)O1. The van der Waals surface area contributed by atoms with Crippen LogP contribution in [-0.2, 0) is 38.1 Å². The van der Waals surface area contributed by atoms with Gasteiger partial charge in [0.2, 0.25) is 0 Å². The molecule has 3 fully saturated rings. The van der Waals surface area contributed by atoms with E-state index < -0.39 is 53.3 Å². The van der Waals surface area contributed by atoms with E-state index in [2.05, 4.69) is 0 Å². The van der Waals surface area contributed by atoms with Gasteiger partial charge in [-0.3, -0.25) is 4.79 Å². The molecule has 4 aliphatic rings. The highest BCUT2D eigenvalue weighted by atomic mass is 16.7. The smallest absolute Gasteiger partial charge is 0.330 e. The number of carbonyl (C=O) groups is 3. The van der Waals surface area contributed by atoms with Crippen molar-refractivity contribution in [3.63, 3.8) is 0 Å². The first kappa shape index (κ1) is 19.4. The number of hydrogen-bond donors (Lipinski definition) is 0. The van der Waals surface area contributed by atoms with Crippen LogP contribution in [0.15, 0.2) is 42.5 Å². The molecular formula is C22H22O8. The lowest BCUT2D eigenvalue weighted by atomic mass is 9.51. The summed E-state index contributed by atoms with van der Waals surface area (Å²) in [5.41, 5.74) is -1.33. The van der Waals surface area contributed by atoms with Crippen molar-refractivity contribution in [2.45, 2.75) is 31.0 Å². The molecular weight excluding hydrogens is 392 g/mol. The number of hydrogen-bond acceptors (Lipinski definition) is 8. The number of carbonyl (C=O) groups excluding carboxylic acids is 3. The van der Waals surface area contributed by atoms with Gasteiger partial charge >= 0.3 is 11.9 Å². The summed E-state index contributed by atoms with van der Waals surface area (Å²) in [6, 6.07) is 9.42. The molecule has 1 spiro atoms. The minimum absolute atomic E-state index is 0.0155. The number of esters is 2. The van der Waals surface area contributed by atoms with Crippen LogP contribution < -0.4 is 0 Å². The molecule has 3 aliphatic heterocycles. The first-order valence-corrected chi connectivity index (χ1v) is 9.92. The van der Waals surface area contributed by atoms with E-state index in [1.54, 1.807) is 6.08 Å². The van der Waals surface area contributed by atoms with Crippen LogP contribution in [0.1, 0.15) is 18.3 Å². The zero-order valence-corrected chi connectivity index (χ0v) is 16.4. The first-order valence-electron chi connectivity index (χ1n) is 9.92. The molecule has 0 radical (unpaired) electrons. The van der Waals surface area contributed by atoms with Crippen molar-refractivity contribution < 1.29 is 38.1 Å². The second kappa shape index (κ2) is 7.01. The Morgan fingerprint density at radius 1 is 1.17 bits per heavy atom. The summed E-state index contributed by atoms with van der Waals surface area (Å²) in [6.07, 6.45) is 1.51. The zero-order chi connectivity index (χ0) is 20.9. The molecule has 8 heteroatoms. The first-order chi connectivity index (χ1) is 14.5. The number of rotatable bonds is 3. The maximum atomic E-state index is 13.2. The third kappa shape index (κ3) is 2.54. The molecule has 7 atom stereocenters. The standard InChI is InChI=1S/C22H22O8/c1-26-20(25)22-12-27-14(10-23)18(22)21(8-7-17(24)28-11-21)15-9-16(22)30-19(29-15)13-5-3-2-4-6-13/h2-8,10,14-16,18-19H,9,11-12H2,1H3/t14-,15-,16+,18+,19-,21+,22-/m0/s1. The molecule has 158 valence electrons. The van der Waals surface area contributed by atoms with Crippen LogP contribution in [0.5, 0.6) is 0 Å². The van der Waals surface area contributed by atoms with Crippen molar-refractivity contribution in [2.75, 3.05) is 20.3 Å². The van der Waals surface area contributed by atoms with E-state index in [1.807, 2.05) is 30.3 Å². The number of ether oxygens (including phenoxy) is 5. The minimum Gasteiger partial charge on any atom is -0.468 e. The maximum Gasteiger partial charge on any atom is 0.330 e. The lowest BCUT2D eigenvalue weighted by Crippen LogP contribution is -2.68. The summed E-state index contributed by atoms with van der Waals surface area (Å²) in [5.74, 6) is -1.63. The summed E-state index contributed by atoms with van der Waals surface area (Å²) in [6.45, 7) is -0.0332. The highest BCUT2D eigenvalue weighted by Gasteiger charge is 2.73. The molecule has 0 aromatic heterocycles. The van der Waals surface area contributed by atoms with E-state index in [4.69, 9.17) is 23.7 Å². The van der Waals surface area contributed by atoms with Gasteiger partial charge in [0.1, 0.15) is 24.4 Å². The van der Waals surface area contributed by atoms with E-state index in [0.717, 1.165) is 5.56 Å². The average molecular weight is 414 g/mol. The van der Waals surface area contributed by atoms with Gasteiger partial charge in [-0.15, -0.1) is 0 Å². The average Bonchev–Trinajstić information content (AvgIpc) is 3.21. The fraction of sp³-hybridized carbons (Fsp3) is 0.500. The number of cyclic esters (lactones) is 1. The van der Waals surface area contributed by atoms with E-state index in [9.17, 15) is 14.4 Å². The molecule has 2 bridgehead atoms. The molecule has 1 aromatic carbocycles. The predicted octanol–water partition coefficient (Wildman–Crippen LogP) is 1.35. The van der Waals surface area contributed by atoms with Crippen molar-refractivity contribution in [2.24, 2.45) is 16.7 Å². The second-order valence-corrected chi connectivity index (χ2v) is 8.20. The molecule has 1 saturated carbocycles. The number of methoxy groups -OCH3 is 1. The highest BCUT2D eigenvalue weighted by molar-refractivity contribution is 5.84. The van der Waals surface area contributed by atoms with Crippen LogP contribution in [0.25, 0.3) is 0 Å². The molecule has 0 amide bonds. The minimum atomic E-state index is -1.22. The second-order valence-electron chi connectivity index (χ2n) is 8.20. The van der Waals surface area contributed by atoms with Gasteiger partial charge in [-0.25, -0.2) is 4.79 Å². The zero-order valence-electron chi connectivity index (χ0n) is 16.4. The molecule has 30 heavy (non-hydrogen) atoms. The lowest BCUT2D eigenvalue weighted by molar-refractivity contribution is -0.327. The number of benzene rings is 1. The van der Waals surface area contributed by atoms with Crippen LogP contribution >= 0.6 is 0 Å². The van der Waals surface area contributed by atoms with Gasteiger partial charge in [0.15, 0.2) is 6.29 Å². The van der Waals surface area contributed by atoms with E-state index in [-0.39, 0.29) is 13.2 Å². The van der Waals surface area contributed by atoms with Crippen LogP contribution in [0.2, 0.25) is 0 Å². The van der Waals surface area contributed by atoms with Crippen LogP contribution in [-0.4, -0.2) is 56.9 Å². The van der Waals surface area contributed by atoms with Crippen molar-refractivity contribution in [3.8, 4) is 0 Å². The summed E-state index contributed by atoms with van der Waals surface area (Å²) in [7, 11) is 1.31. The summed E-state index contributed by atoms with van der Waals surface area (Å²) in [5, 5.41) is 0. The molecule has 3 heterocycles. The van der Waals surface area contributed by atoms with Crippen molar-refractivity contribution in [1.82, 2.24) is 0 Å².